The maximum Gasteiger partial charge on any atom is 0.163 e. The number of fused-ring (bicyclic) bond motifs is 1. The molecule has 34 heavy (non-hydrogen) atoms. The highest BCUT2D eigenvalue weighted by atomic mass is 35.5. The molecule has 0 amide bonds. The fraction of sp³-hybridized carbons (Fsp3) is 0.111. The lowest BCUT2D eigenvalue weighted by atomic mass is 10.1. The van der Waals surface area contributed by atoms with Gasteiger partial charge in [0.25, 0.3) is 0 Å². The van der Waals surface area contributed by atoms with Crippen molar-refractivity contribution in [3.63, 3.8) is 0 Å². The minimum atomic E-state index is -0.670. The van der Waals surface area contributed by atoms with E-state index in [9.17, 15) is 5.11 Å². The number of rotatable bonds is 8. The van der Waals surface area contributed by atoms with Crippen molar-refractivity contribution in [3.05, 3.63) is 107 Å². The van der Waals surface area contributed by atoms with Crippen LogP contribution in [0.1, 0.15) is 17.4 Å². The zero-order valence-electron chi connectivity index (χ0n) is 18.3. The van der Waals surface area contributed by atoms with E-state index >= 15 is 0 Å². The van der Waals surface area contributed by atoms with Crippen molar-refractivity contribution in [2.75, 3.05) is 11.9 Å². The van der Waals surface area contributed by atoms with Gasteiger partial charge in [-0.25, -0.2) is 9.97 Å². The molecule has 3 N–H and O–H groups in total. The molecule has 0 aliphatic heterocycles. The topological polar surface area (TPSA) is 83.1 Å². The van der Waals surface area contributed by atoms with Crippen molar-refractivity contribution in [1.82, 2.24) is 15.0 Å². The predicted octanol–water partition coefficient (Wildman–Crippen LogP) is 6.00. The second-order valence-electron chi connectivity index (χ2n) is 7.87. The van der Waals surface area contributed by atoms with Crippen LogP contribution in [-0.2, 0) is 6.61 Å². The summed E-state index contributed by atoms with van der Waals surface area (Å²) < 4.78 is 5.89. The van der Waals surface area contributed by atoms with Crippen LogP contribution < -0.4 is 10.1 Å². The van der Waals surface area contributed by atoms with E-state index in [4.69, 9.17) is 26.3 Å². The number of H-pyrrole nitrogens is 1. The molecule has 0 saturated carbocycles. The number of aliphatic hydroxyl groups excluding tert-OH is 1. The van der Waals surface area contributed by atoms with Crippen molar-refractivity contribution in [2.45, 2.75) is 12.7 Å². The molecule has 0 fully saturated rings. The number of aliphatic hydroxyl groups is 1. The van der Waals surface area contributed by atoms with E-state index in [1.807, 2.05) is 78.9 Å². The van der Waals surface area contributed by atoms with E-state index in [2.05, 4.69) is 10.3 Å². The minimum Gasteiger partial charge on any atom is -0.487 e. The molecule has 2 aromatic heterocycles. The molecular weight excluding hydrogens is 448 g/mol. The molecule has 0 aliphatic carbocycles. The lowest BCUT2D eigenvalue weighted by Crippen LogP contribution is -2.13. The van der Waals surface area contributed by atoms with E-state index < -0.39 is 6.10 Å². The number of aromatic nitrogens is 3. The maximum absolute atomic E-state index is 10.6. The molecule has 170 valence electrons. The van der Waals surface area contributed by atoms with Gasteiger partial charge in [-0.15, -0.1) is 0 Å². The fourth-order valence-electron chi connectivity index (χ4n) is 3.70. The van der Waals surface area contributed by atoms with Crippen LogP contribution in [-0.4, -0.2) is 26.6 Å². The summed E-state index contributed by atoms with van der Waals surface area (Å²) in [5.41, 5.74) is 3.28. The van der Waals surface area contributed by atoms with Crippen molar-refractivity contribution >= 4 is 28.5 Å². The number of aromatic amines is 1. The molecule has 0 bridgehead atoms. The third-order valence-electron chi connectivity index (χ3n) is 5.41. The van der Waals surface area contributed by atoms with Gasteiger partial charge in [0, 0.05) is 17.1 Å². The fourth-order valence-corrected chi connectivity index (χ4v) is 3.88. The summed E-state index contributed by atoms with van der Waals surface area (Å²) in [4.78, 5) is 12.8. The molecule has 7 heteroatoms. The smallest absolute Gasteiger partial charge is 0.163 e. The first-order chi connectivity index (χ1) is 16.7. The Balaban J connectivity index is 1.44. The molecule has 0 spiro atoms. The Labute approximate surface area is 202 Å². The first-order valence-corrected chi connectivity index (χ1v) is 11.3. The minimum absolute atomic E-state index is 0.309. The number of anilines is 1. The van der Waals surface area contributed by atoms with Crippen molar-refractivity contribution < 1.29 is 9.84 Å². The van der Waals surface area contributed by atoms with Crippen LogP contribution >= 0.6 is 11.6 Å². The number of hydrogen-bond donors (Lipinski definition) is 3. The zero-order chi connectivity index (χ0) is 23.3. The molecule has 2 heterocycles. The molecule has 6 nitrogen and oxygen atoms in total. The van der Waals surface area contributed by atoms with Crippen molar-refractivity contribution in [3.8, 4) is 17.1 Å². The second kappa shape index (κ2) is 9.95. The van der Waals surface area contributed by atoms with Crippen LogP contribution in [0.3, 0.4) is 0 Å². The van der Waals surface area contributed by atoms with Gasteiger partial charge in [0.15, 0.2) is 5.82 Å². The standard InChI is InChI=1S/C27H23ClN4O2/c28-20-12-7-13-22(14-20)34-17-21-15-23-26(29-16-24(33)18-8-3-1-4-9-18)31-25(32-27(23)30-21)19-10-5-2-6-11-19/h1-15,24,33H,16-17H2,(H2,29,30,31,32)/t24-/m1/s1. The van der Waals surface area contributed by atoms with Crippen molar-refractivity contribution in [2.24, 2.45) is 0 Å². The van der Waals surface area contributed by atoms with Gasteiger partial charge >= 0.3 is 0 Å². The Kier molecular flexibility index (Phi) is 6.42. The van der Waals surface area contributed by atoms with Crippen LogP contribution in [0.2, 0.25) is 5.02 Å². The Morgan fingerprint density at radius 1 is 0.912 bits per heavy atom. The van der Waals surface area contributed by atoms with Gasteiger partial charge in [-0.1, -0.05) is 78.3 Å². The van der Waals surface area contributed by atoms with E-state index in [0.717, 1.165) is 22.2 Å². The van der Waals surface area contributed by atoms with Crippen molar-refractivity contribution in [1.29, 1.82) is 0 Å². The first kappa shape index (κ1) is 21.9. The van der Waals surface area contributed by atoms with Gasteiger partial charge in [-0.3, -0.25) is 0 Å². The molecule has 5 rings (SSSR count). The normalized spacial score (nSPS) is 11.9. The number of nitrogens with zero attached hydrogens (tertiary/aromatic N) is 2. The molecule has 5 aromatic rings. The maximum atomic E-state index is 10.6. The van der Waals surface area contributed by atoms with Gasteiger partial charge < -0.3 is 20.1 Å². The number of hydrogen-bond acceptors (Lipinski definition) is 5. The van der Waals surface area contributed by atoms with Crippen LogP contribution in [0.25, 0.3) is 22.4 Å². The van der Waals surface area contributed by atoms with Crippen LogP contribution in [0, 0.1) is 0 Å². The van der Waals surface area contributed by atoms with Crippen LogP contribution in [0.15, 0.2) is 91.0 Å². The third-order valence-corrected chi connectivity index (χ3v) is 5.65. The Hall–Kier alpha value is -3.87. The first-order valence-electron chi connectivity index (χ1n) is 11.0. The highest BCUT2D eigenvalue weighted by Gasteiger charge is 2.15. The molecule has 1 atom stereocenters. The Morgan fingerprint density at radius 3 is 2.44 bits per heavy atom. The van der Waals surface area contributed by atoms with Gasteiger partial charge in [0.05, 0.1) is 17.2 Å². The van der Waals surface area contributed by atoms with E-state index in [-0.39, 0.29) is 0 Å². The molecule has 3 aromatic carbocycles. The molecule has 0 unspecified atom stereocenters. The largest absolute Gasteiger partial charge is 0.487 e. The van der Waals surface area contributed by atoms with Gasteiger partial charge in [-0.2, -0.15) is 0 Å². The number of benzene rings is 3. The van der Waals surface area contributed by atoms with E-state index in [0.29, 0.717) is 41.2 Å². The van der Waals surface area contributed by atoms with Gasteiger partial charge in [-0.05, 0) is 29.8 Å². The number of ether oxygens (including phenoxy) is 1. The highest BCUT2D eigenvalue weighted by molar-refractivity contribution is 6.30. The van der Waals surface area contributed by atoms with E-state index in [1.165, 1.54) is 0 Å². The summed E-state index contributed by atoms with van der Waals surface area (Å²) in [5, 5.41) is 15.4. The third kappa shape index (κ3) is 5.03. The van der Waals surface area contributed by atoms with Gasteiger partial charge in [0.2, 0.25) is 0 Å². The Bertz CT molecular complexity index is 1390. The monoisotopic (exact) mass is 470 g/mol. The van der Waals surface area contributed by atoms with Crippen LogP contribution in [0.5, 0.6) is 5.75 Å². The van der Waals surface area contributed by atoms with E-state index in [1.54, 1.807) is 12.1 Å². The predicted molar refractivity (Wildman–Crippen MR) is 135 cm³/mol. The second-order valence-corrected chi connectivity index (χ2v) is 8.31. The molecule has 0 radical (unpaired) electrons. The molecule has 0 saturated heterocycles. The summed E-state index contributed by atoms with van der Waals surface area (Å²) in [6.07, 6.45) is -0.670. The lowest BCUT2D eigenvalue weighted by molar-refractivity contribution is 0.191. The molecular formula is C27H23ClN4O2. The zero-order valence-corrected chi connectivity index (χ0v) is 19.0. The SMILES string of the molecule is O[C@H](CNc1nc(-c2ccccc2)nc2[nH]c(COc3cccc(Cl)c3)cc12)c1ccccc1. The number of nitrogens with one attached hydrogen (secondary N) is 2. The summed E-state index contributed by atoms with van der Waals surface area (Å²) in [6.45, 7) is 0.632. The summed E-state index contributed by atoms with van der Waals surface area (Å²) >= 11 is 6.06. The average molecular weight is 471 g/mol. The quantitative estimate of drug-likeness (QED) is 0.259. The van der Waals surface area contributed by atoms with Gasteiger partial charge in [0.1, 0.15) is 23.8 Å². The average Bonchev–Trinajstić information content (AvgIpc) is 3.30. The summed E-state index contributed by atoms with van der Waals surface area (Å²) in [6, 6.07) is 28.6. The molecule has 0 aliphatic rings. The summed E-state index contributed by atoms with van der Waals surface area (Å²) in [7, 11) is 0. The highest BCUT2D eigenvalue weighted by Crippen LogP contribution is 2.27. The number of halogens is 1. The Morgan fingerprint density at radius 2 is 1.68 bits per heavy atom. The summed E-state index contributed by atoms with van der Waals surface area (Å²) in [5.74, 6) is 1.92. The van der Waals surface area contributed by atoms with Crippen LogP contribution in [0.4, 0.5) is 5.82 Å². The lowest BCUT2D eigenvalue weighted by Gasteiger charge is -2.14.